The molecule has 0 unspecified atom stereocenters. The minimum atomic E-state index is -0.530. The van der Waals surface area contributed by atoms with E-state index in [0.717, 1.165) is 5.56 Å². The number of hydrogen-bond donors (Lipinski definition) is 1. The highest BCUT2D eigenvalue weighted by Crippen LogP contribution is 2.15. The minimum absolute atomic E-state index is 0.0404. The van der Waals surface area contributed by atoms with Crippen LogP contribution < -0.4 is 15.7 Å². The van der Waals surface area contributed by atoms with Gasteiger partial charge < -0.3 is 14.5 Å². The van der Waals surface area contributed by atoms with Gasteiger partial charge in [0.2, 0.25) is 5.43 Å². The highest BCUT2D eigenvalue weighted by molar-refractivity contribution is 5.90. The molecule has 0 bridgehead atoms. The lowest BCUT2D eigenvalue weighted by atomic mass is 10.1. The number of carbonyl (C=O) groups excluding carboxylic acids is 1. The number of carbonyl (C=O) groups is 1. The number of H-pyrrole nitrogens is 1. The number of nitrogens with zero attached hydrogens (tertiary/aromatic N) is 3. The van der Waals surface area contributed by atoms with Crippen molar-refractivity contribution >= 4 is 34.0 Å². The van der Waals surface area contributed by atoms with Crippen molar-refractivity contribution in [2.24, 2.45) is 0 Å². The predicted octanol–water partition coefficient (Wildman–Crippen LogP) is 1.88. The lowest BCUT2D eigenvalue weighted by Gasteiger charge is -2.04. The number of aromatic nitrogens is 4. The standard InChI is InChI=1S/C22H18N4O5/c1-30-15-7-3-14(4-8-15)12-26-20-19(24-25-26)22(29)23-17-11-13(6-10-18(27)31-2)5-9-16(17)21(20)28/h3-11H,12H2,1-2H3,(H,23,29)/b10-6+. The molecule has 2 heterocycles. The van der Waals surface area contributed by atoms with E-state index in [9.17, 15) is 14.4 Å². The van der Waals surface area contributed by atoms with Gasteiger partial charge in [0.15, 0.2) is 5.52 Å². The Morgan fingerprint density at radius 1 is 1.13 bits per heavy atom. The molecule has 2 aromatic carbocycles. The van der Waals surface area contributed by atoms with Crippen molar-refractivity contribution in [3.8, 4) is 5.75 Å². The molecule has 0 fully saturated rings. The van der Waals surface area contributed by atoms with E-state index >= 15 is 0 Å². The zero-order valence-corrected chi connectivity index (χ0v) is 16.8. The lowest BCUT2D eigenvalue weighted by molar-refractivity contribution is -0.134. The third-order valence-corrected chi connectivity index (χ3v) is 4.81. The van der Waals surface area contributed by atoms with Gasteiger partial charge in [-0.3, -0.25) is 9.59 Å². The maximum atomic E-state index is 13.3. The van der Waals surface area contributed by atoms with Crippen LogP contribution in [-0.2, 0) is 16.1 Å². The van der Waals surface area contributed by atoms with Crippen molar-refractivity contribution < 1.29 is 14.3 Å². The van der Waals surface area contributed by atoms with E-state index in [1.807, 2.05) is 12.1 Å². The van der Waals surface area contributed by atoms with E-state index in [0.29, 0.717) is 22.2 Å². The van der Waals surface area contributed by atoms with Gasteiger partial charge in [0.1, 0.15) is 11.3 Å². The molecule has 156 valence electrons. The van der Waals surface area contributed by atoms with Crippen molar-refractivity contribution in [2.75, 3.05) is 14.2 Å². The van der Waals surface area contributed by atoms with Gasteiger partial charge in [-0.1, -0.05) is 23.4 Å². The van der Waals surface area contributed by atoms with Crippen LogP contribution in [0, 0.1) is 0 Å². The van der Waals surface area contributed by atoms with Crippen LogP contribution in [0.5, 0.6) is 5.75 Å². The van der Waals surface area contributed by atoms with E-state index < -0.39 is 11.5 Å². The predicted molar refractivity (Wildman–Crippen MR) is 115 cm³/mol. The average Bonchev–Trinajstić information content (AvgIpc) is 3.17. The fourth-order valence-corrected chi connectivity index (χ4v) is 3.21. The summed E-state index contributed by atoms with van der Waals surface area (Å²) in [5.74, 6) is 0.202. The van der Waals surface area contributed by atoms with Crippen molar-refractivity contribution in [1.82, 2.24) is 20.0 Å². The number of nitrogens with one attached hydrogen (secondary N) is 1. The molecular weight excluding hydrogens is 400 g/mol. The Labute approximate surface area is 175 Å². The van der Waals surface area contributed by atoms with E-state index in [2.05, 4.69) is 20.0 Å². The molecular formula is C22H18N4O5. The summed E-state index contributed by atoms with van der Waals surface area (Å²) < 4.78 is 11.1. The number of fused-ring (bicyclic) bond motifs is 2. The molecule has 4 rings (SSSR count). The van der Waals surface area contributed by atoms with Gasteiger partial charge in [-0.25, -0.2) is 9.48 Å². The third kappa shape index (κ3) is 3.93. The first-order valence-electron chi connectivity index (χ1n) is 9.32. The molecule has 9 heteroatoms. The van der Waals surface area contributed by atoms with Crippen molar-refractivity contribution in [2.45, 2.75) is 6.54 Å². The molecule has 0 aliphatic heterocycles. The zero-order valence-electron chi connectivity index (χ0n) is 16.8. The zero-order chi connectivity index (χ0) is 22.0. The highest BCUT2D eigenvalue weighted by atomic mass is 16.5. The summed E-state index contributed by atoms with van der Waals surface area (Å²) in [5, 5.41) is 8.26. The van der Waals surface area contributed by atoms with Crippen LogP contribution >= 0.6 is 0 Å². The van der Waals surface area contributed by atoms with Crippen LogP contribution in [-0.4, -0.2) is 40.2 Å². The number of methoxy groups -OCH3 is 2. The third-order valence-electron chi connectivity index (χ3n) is 4.81. The normalized spacial score (nSPS) is 11.3. The van der Waals surface area contributed by atoms with Crippen molar-refractivity contribution in [3.63, 3.8) is 0 Å². The van der Waals surface area contributed by atoms with E-state index in [-0.39, 0.29) is 23.0 Å². The molecule has 0 aliphatic rings. The second-order valence-corrected chi connectivity index (χ2v) is 6.74. The molecule has 0 saturated carbocycles. The Morgan fingerprint density at radius 3 is 2.61 bits per heavy atom. The van der Waals surface area contributed by atoms with E-state index in [1.165, 1.54) is 23.9 Å². The minimum Gasteiger partial charge on any atom is -0.497 e. The topological polar surface area (TPSA) is 116 Å². The molecule has 0 radical (unpaired) electrons. The number of benzene rings is 2. The molecule has 0 aliphatic carbocycles. The SMILES string of the molecule is COC(=O)/C=C/c1ccc2c(=O)c3c(nnn3Cc3ccc(OC)cc3)c(=O)[nH]c2c1. The van der Waals surface area contributed by atoms with E-state index in [4.69, 9.17) is 4.74 Å². The summed E-state index contributed by atoms with van der Waals surface area (Å²) in [6.07, 6.45) is 2.79. The summed E-state index contributed by atoms with van der Waals surface area (Å²) in [4.78, 5) is 40.0. The number of ether oxygens (including phenoxy) is 2. The number of rotatable bonds is 5. The molecule has 0 saturated heterocycles. The second-order valence-electron chi connectivity index (χ2n) is 6.74. The number of hydrogen-bond acceptors (Lipinski definition) is 7. The van der Waals surface area contributed by atoms with Crippen molar-refractivity contribution in [1.29, 1.82) is 0 Å². The average molecular weight is 418 g/mol. The molecule has 0 amide bonds. The largest absolute Gasteiger partial charge is 0.497 e. The quantitative estimate of drug-likeness (QED) is 0.388. The van der Waals surface area contributed by atoms with Gasteiger partial charge in [0, 0.05) is 11.5 Å². The fourth-order valence-electron chi connectivity index (χ4n) is 3.21. The first kappa shape index (κ1) is 20.0. The number of esters is 1. The van der Waals surface area contributed by atoms with Crippen LogP contribution in [0.25, 0.3) is 28.0 Å². The van der Waals surface area contributed by atoms with Gasteiger partial charge in [-0.2, -0.15) is 0 Å². The van der Waals surface area contributed by atoms with Crippen LogP contribution in [0.3, 0.4) is 0 Å². The first-order chi connectivity index (χ1) is 15.0. The Kier molecular flexibility index (Phi) is 5.31. The Hall–Kier alpha value is -4.27. The molecule has 31 heavy (non-hydrogen) atoms. The molecule has 1 N–H and O–H groups in total. The summed E-state index contributed by atoms with van der Waals surface area (Å²) in [6.45, 7) is 0.265. The Bertz CT molecular complexity index is 1440. The summed E-state index contributed by atoms with van der Waals surface area (Å²) in [6, 6.07) is 12.2. The van der Waals surface area contributed by atoms with Crippen LogP contribution in [0.2, 0.25) is 0 Å². The van der Waals surface area contributed by atoms with Crippen LogP contribution in [0.15, 0.2) is 58.1 Å². The summed E-state index contributed by atoms with van der Waals surface area (Å²) in [7, 11) is 2.86. The van der Waals surface area contributed by atoms with Gasteiger partial charge in [-0.15, -0.1) is 5.10 Å². The molecule has 0 atom stereocenters. The van der Waals surface area contributed by atoms with Gasteiger partial charge in [-0.05, 0) is 41.5 Å². The molecule has 0 spiro atoms. The second kappa shape index (κ2) is 8.23. The maximum absolute atomic E-state index is 13.3. The first-order valence-corrected chi connectivity index (χ1v) is 9.32. The van der Waals surface area contributed by atoms with Gasteiger partial charge >= 0.3 is 5.97 Å². The van der Waals surface area contributed by atoms with Gasteiger partial charge in [0.25, 0.3) is 5.56 Å². The summed E-state index contributed by atoms with van der Waals surface area (Å²) >= 11 is 0. The smallest absolute Gasteiger partial charge is 0.330 e. The lowest BCUT2D eigenvalue weighted by Crippen LogP contribution is -2.10. The highest BCUT2D eigenvalue weighted by Gasteiger charge is 2.14. The molecule has 9 nitrogen and oxygen atoms in total. The Balaban J connectivity index is 1.85. The number of aromatic amines is 1. The maximum Gasteiger partial charge on any atom is 0.330 e. The summed E-state index contributed by atoms with van der Waals surface area (Å²) in [5.41, 5.74) is 0.996. The molecule has 4 aromatic rings. The fraction of sp³-hybridized carbons (Fsp3) is 0.136. The van der Waals surface area contributed by atoms with Crippen LogP contribution in [0.1, 0.15) is 11.1 Å². The Morgan fingerprint density at radius 2 is 1.90 bits per heavy atom. The van der Waals surface area contributed by atoms with Crippen molar-refractivity contribution in [3.05, 3.63) is 80.2 Å². The monoisotopic (exact) mass is 418 g/mol. The molecule has 2 aromatic heterocycles. The van der Waals surface area contributed by atoms with E-state index in [1.54, 1.807) is 37.4 Å². The van der Waals surface area contributed by atoms with Gasteiger partial charge in [0.05, 0.1) is 26.3 Å². The van der Waals surface area contributed by atoms with Crippen LogP contribution in [0.4, 0.5) is 0 Å².